The summed E-state index contributed by atoms with van der Waals surface area (Å²) in [6.45, 7) is 2.33. The van der Waals surface area contributed by atoms with Gasteiger partial charge >= 0.3 is 0 Å². The average Bonchev–Trinajstić information content (AvgIpc) is 2.81. The Kier molecular flexibility index (Phi) is 3.54. The molecule has 3 nitrogen and oxygen atoms in total. The van der Waals surface area contributed by atoms with Crippen LogP contribution in [0.1, 0.15) is 12.8 Å². The Labute approximate surface area is 119 Å². The lowest BCUT2D eigenvalue weighted by atomic mass is 9.98. The van der Waals surface area contributed by atoms with Crippen LogP contribution in [-0.2, 0) is 0 Å². The van der Waals surface area contributed by atoms with E-state index < -0.39 is 0 Å². The van der Waals surface area contributed by atoms with Crippen LogP contribution in [-0.4, -0.2) is 29.8 Å². The third kappa shape index (κ3) is 2.39. The molecule has 2 aromatic rings. The Morgan fingerprint density at radius 2 is 2.17 bits per heavy atom. The maximum absolute atomic E-state index is 9.16. The van der Waals surface area contributed by atoms with E-state index in [1.54, 1.807) is 11.3 Å². The van der Waals surface area contributed by atoms with Gasteiger partial charge < -0.3 is 10.0 Å². The Morgan fingerprint density at radius 1 is 1.39 bits per heavy atom. The van der Waals surface area contributed by atoms with E-state index in [4.69, 9.17) is 5.11 Å². The van der Waals surface area contributed by atoms with Crippen molar-refractivity contribution in [2.24, 2.45) is 5.92 Å². The summed E-state index contributed by atoms with van der Waals surface area (Å²) in [7, 11) is 0. The first-order chi connectivity index (χ1) is 8.76. The summed E-state index contributed by atoms with van der Waals surface area (Å²) in [5.41, 5.74) is 1.07. The molecule has 1 aromatic heterocycles. The fourth-order valence-corrected chi connectivity index (χ4v) is 3.90. The lowest BCUT2D eigenvalue weighted by Gasteiger charge is -2.30. The van der Waals surface area contributed by atoms with Gasteiger partial charge in [0.2, 0.25) is 0 Å². The maximum atomic E-state index is 9.16. The number of aliphatic hydroxyl groups excluding tert-OH is 1. The third-order valence-corrected chi connectivity index (χ3v) is 5.05. The van der Waals surface area contributed by atoms with Gasteiger partial charge in [0.05, 0.1) is 10.2 Å². The molecule has 5 heteroatoms. The number of nitrogens with zero attached hydrogens (tertiary/aromatic N) is 2. The number of aromatic nitrogens is 1. The molecule has 1 aromatic carbocycles. The van der Waals surface area contributed by atoms with E-state index in [-0.39, 0.29) is 0 Å². The molecule has 2 heterocycles. The van der Waals surface area contributed by atoms with Crippen molar-refractivity contribution in [3.05, 3.63) is 22.7 Å². The first-order valence-corrected chi connectivity index (χ1v) is 7.79. The quantitative estimate of drug-likeness (QED) is 0.920. The molecule has 0 saturated carbocycles. The predicted molar refractivity (Wildman–Crippen MR) is 79.3 cm³/mol. The minimum absolute atomic E-state index is 0.320. The van der Waals surface area contributed by atoms with Gasteiger partial charge in [-0.3, -0.25) is 0 Å². The smallest absolute Gasteiger partial charge is 0.186 e. The molecule has 1 aliphatic heterocycles. The van der Waals surface area contributed by atoms with Crippen molar-refractivity contribution in [2.45, 2.75) is 12.8 Å². The second-order valence-electron chi connectivity index (χ2n) is 4.72. The number of benzene rings is 1. The zero-order valence-electron chi connectivity index (χ0n) is 9.97. The van der Waals surface area contributed by atoms with Crippen LogP contribution in [0.15, 0.2) is 22.7 Å². The second-order valence-corrected chi connectivity index (χ2v) is 6.65. The molecule has 1 aliphatic rings. The number of thiazole rings is 1. The van der Waals surface area contributed by atoms with E-state index in [1.165, 1.54) is 4.70 Å². The van der Waals surface area contributed by atoms with E-state index in [2.05, 4.69) is 37.9 Å². The lowest BCUT2D eigenvalue weighted by molar-refractivity contribution is 0.203. The van der Waals surface area contributed by atoms with Gasteiger partial charge in [-0.25, -0.2) is 4.98 Å². The molecular weight excluding hydrogens is 312 g/mol. The fourth-order valence-electron chi connectivity index (χ4n) is 2.33. The van der Waals surface area contributed by atoms with Crippen molar-refractivity contribution in [1.29, 1.82) is 0 Å². The molecule has 96 valence electrons. The highest BCUT2D eigenvalue weighted by molar-refractivity contribution is 9.10. The Bertz CT molecular complexity index is 549. The average molecular weight is 327 g/mol. The van der Waals surface area contributed by atoms with Gasteiger partial charge in [-0.2, -0.15) is 0 Å². The van der Waals surface area contributed by atoms with E-state index >= 15 is 0 Å². The molecule has 0 atom stereocenters. The number of aliphatic hydroxyl groups is 1. The molecule has 18 heavy (non-hydrogen) atoms. The maximum Gasteiger partial charge on any atom is 0.186 e. The van der Waals surface area contributed by atoms with Crippen molar-refractivity contribution >= 4 is 42.6 Å². The van der Waals surface area contributed by atoms with Crippen molar-refractivity contribution in [3.63, 3.8) is 0 Å². The highest BCUT2D eigenvalue weighted by Gasteiger charge is 2.20. The molecule has 0 aliphatic carbocycles. The molecular formula is C13H15BrN2OS. The predicted octanol–water partition coefficient (Wildman–Crippen LogP) is 3.27. The molecule has 0 spiro atoms. The van der Waals surface area contributed by atoms with Gasteiger partial charge in [0.25, 0.3) is 0 Å². The molecule has 1 N–H and O–H groups in total. The summed E-state index contributed by atoms with van der Waals surface area (Å²) >= 11 is 5.24. The van der Waals surface area contributed by atoms with Crippen molar-refractivity contribution in [1.82, 2.24) is 4.98 Å². The second kappa shape index (κ2) is 5.15. The SMILES string of the molecule is OCC1CCN(c2nc3ccc(Br)cc3s2)CC1. The number of halogens is 1. The topological polar surface area (TPSA) is 36.4 Å². The van der Waals surface area contributed by atoms with Crippen LogP contribution in [0.4, 0.5) is 5.13 Å². The zero-order chi connectivity index (χ0) is 12.5. The number of piperidine rings is 1. The van der Waals surface area contributed by atoms with Crippen LogP contribution in [0.2, 0.25) is 0 Å². The minimum atomic E-state index is 0.320. The molecule has 0 radical (unpaired) electrons. The van der Waals surface area contributed by atoms with Crippen molar-refractivity contribution in [3.8, 4) is 0 Å². The van der Waals surface area contributed by atoms with Crippen LogP contribution in [0.5, 0.6) is 0 Å². The normalized spacial score (nSPS) is 17.6. The number of hydrogen-bond donors (Lipinski definition) is 1. The first kappa shape index (κ1) is 12.4. The van der Waals surface area contributed by atoms with Crippen LogP contribution < -0.4 is 4.90 Å². The van der Waals surface area contributed by atoms with E-state index in [0.29, 0.717) is 12.5 Å². The molecule has 3 rings (SSSR count). The standard InChI is InChI=1S/C13H15BrN2OS/c14-10-1-2-11-12(7-10)18-13(15-11)16-5-3-9(8-17)4-6-16/h1-2,7,9,17H,3-6,8H2. The van der Waals surface area contributed by atoms with Crippen LogP contribution >= 0.6 is 27.3 Å². The zero-order valence-corrected chi connectivity index (χ0v) is 12.4. The third-order valence-electron chi connectivity index (χ3n) is 3.48. The van der Waals surface area contributed by atoms with Crippen molar-refractivity contribution in [2.75, 3.05) is 24.6 Å². The fraction of sp³-hybridized carbons (Fsp3) is 0.462. The highest BCUT2D eigenvalue weighted by Crippen LogP contribution is 2.32. The largest absolute Gasteiger partial charge is 0.396 e. The number of anilines is 1. The summed E-state index contributed by atoms with van der Waals surface area (Å²) in [5.74, 6) is 0.477. The molecule has 0 bridgehead atoms. The van der Waals surface area contributed by atoms with Gasteiger partial charge in [0, 0.05) is 24.2 Å². The van der Waals surface area contributed by atoms with Crippen molar-refractivity contribution < 1.29 is 5.11 Å². The van der Waals surface area contributed by atoms with E-state index in [0.717, 1.165) is 41.1 Å². The van der Waals surface area contributed by atoms with Crippen LogP contribution in [0.3, 0.4) is 0 Å². The van der Waals surface area contributed by atoms with E-state index in [9.17, 15) is 0 Å². The number of fused-ring (bicyclic) bond motifs is 1. The first-order valence-electron chi connectivity index (χ1n) is 6.18. The van der Waals surface area contributed by atoms with Gasteiger partial charge in [0.15, 0.2) is 5.13 Å². The summed E-state index contributed by atoms with van der Waals surface area (Å²) in [4.78, 5) is 7.03. The summed E-state index contributed by atoms with van der Waals surface area (Å²) < 4.78 is 2.33. The molecule has 1 saturated heterocycles. The molecule has 0 amide bonds. The van der Waals surface area contributed by atoms with Crippen LogP contribution in [0, 0.1) is 5.92 Å². The van der Waals surface area contributed by atoms with Gasteiger partial charge in [-0.1, -0.05) is 27.3 Å². The Hall–Kier alpha value is -0.650. The summed E-state index contributed by atoms with van der Waals surface area (Å²) in [6, 6.07) is 6.21. The minimum Gasteiger partial charge on any atom is -0.396 e. The molecule has 0 unspecified atom stereocenters. The van der Waals surface area contributed by atoms with Gasteiger partial charge in [0.1, 0.15) is 0 Å². The van der Waals surface area contributed by atoms with Gasteiger partial charge in [-0.15, -0.1) is 0 Å². The highest BCUT2D eigenvalue weighted by atomic mass is 79.9. The van der Waals surface area contributed by atoms with Crippen LogP contribution in [0.25, 0.3) is 10.2 Å². The summed E-state index contributed by atoms with van der Waals surface area (Å²) in [6.07, 6.45) is 2.13. The summed E-state index contributed by atoms with van der Waals surface area (Å²) in [5, 5.41) is 10.3. The Morgan fingerprint density at radius 3 is 2.89 bits per heavy atom. The number of rotatable bonds is 2. The van der Waals surface area contributed by atoms with E-state index in [1.807, 2.05) is 6.07 Å². The lowest BCUT2D eigenvalue weighted by Crippen LogP contribution is -2.34. The van der Waals surface area contributed by atoms with Gasteiger partial charge in [-0.05, 0) is 37.0 Å². The molecule has 1 fully saturated rings. The Balaban J connectivity index is 1.82. The number of hydrogen-bond acceptors (Lipinski definition) is 4. The monoisotopic (exact) mass is 326 g/mol.